The summed E-state index contributed by atoms with van der Waals surface area (Å²) in [5.41, 5.74) is 3.64. The van der Waals surface area contributed by atoms with Crippen molar-refractivity contribution in [3.8, 4) is 17.6 Å². The first-order chi connectivity index (χ1) is 16.5. The summed E-state index contributed by atoms with van der Waals surface area (Å²) in [6.45, 7) is 1.99. The number of Topliss-reactive ketones (excluding diaryl/α,β-unsaturated/α-hetero) is 4. The molecule has 0 bridgehead atoms. The maximum Gasteiger partial charge on any atom is 0.235 e. The summed E-state index contributed by atoms with van der Waals surface area (Å²) in [6.07, 6.45) is 1.72. The standard InChI is InChI=1S/C26H28N2O7/c1-4-5-6-7-12-8-9-16(29)18-14(12)10-13-11-15-20(28(2)3)22(31)19(25(27)34)24(33)26(15,35)23(32)17(13)21(18)30/h8-9,13,15,17,19-20,29,35H,4-5,10-11H2,1-3H3,(H2,27,34)/t13-,15-,17?,19?,20+,26+/m1/s1. The Morgan fingerprint density at radius 1 is 1.20 bits per heavy atom. The van der Waals surface area contributed by atoms with Crippen LogP contribution in [0.2, 0.25) is 0 Å². The number of rotatable bonds is 3. The van der Waals surface area contributed by atoms with E-state index in [4.69, 9.17) is 5.73 Å². The van der Waals surface area contributed by atoms with Gasteiger partial charge in [-0.25, -0.2) is 0 Å². The summed E-state index contributed by atoms with van der Waals surface area (Å²) in [6, 6.07) is 1.84. The van der Waals surface area contributed by atoms with Crippen LogP contribution in [0.3, 0.4) is 0 Å². The van der Waals surface area contributed by atoms with Gasteiger partial charge in [0, 0.05) is 17.9 Å². The monoisotopic (exact) mass is 480 g/mol. The molecular weight excluding hydrogens is 452 g/mol. The van der Waals surface area contributed by atoms with Crippen molar-refractivity contribution < 1.29 is 34.2 Å². The third-order valence-electron chi connectivity index (χ3n) is 7.54. The molecule has 3 aliphatic rings. The normalized spacial score (nSPS) is 31.9. The Kier molecular flexibility index (Phi) is 6.16. The van der Waals surface area contributed by atoms with E-state index in [1.807, 2.05) is 6.92 Å². The molecule has 1 aromatic carbocycles. The van der Waals surface area contributed by atoms with Crippen molar-refractivity contribution >= 4 is 29.0 Å². The second-order valence-electron chi connectivity index (χ2n) is 9.83. The van der Waals surface area contributed by atoms with Crippen molar-refractivity contribution in [2.75, 3.05) is 14.1 Å². The molecule has 0 aromatic heterocycles. The first-order valence-corrected chi connectivity index (χ1v) is 11.6. The van der Waals surface area contributed by atoms with E-state index < -0.39 is 64.4 Å². The second kappa shape index (κ2) is 8.70. The lowest BCUT2D eigenvalue weighted by Crippen LogP contribution is -2.74. The molecule has 2 unspecified atom stereocenters. The molecule has 1 aromatic rings. The molecule has 1 amide bonds. The smallest absolute Gasteiger partial charge is 0.235 e. The van der Waals surface area contributed by atoms with Gasteiger partial charge < -0.3 is 15.9 Å². The van der Waals surface area contributed by atoms with Gasteiger partial charge in [-0.05, 0) is 57.0 Å². The Morgan fingerprint density at radius 2 is 1.89 bits per heavy atom. The van der Waals surface area contributed by atoms with Crippen LogP contribution < -0.4 is 5.73 Å². The van der Waals surface area contributed by atoms with E-state index in [0.29, 0.717) is 17.5 Å². The zero-order valence-corrected chi connectivity index (χ0v) is 19.8. The maximum absolute atomic E-state index is 13.7. The number of aromatic hydroxyl groups is 1. The van der Waals surface area contributed by atoms with Crippen molar-refractivity contribution in [3.63, 3.8) is 0 Å². The van der Waals surface area contributed by atoms with Crippen molar-refractivity contribution in [3.05, 3.63) is 28.8 Å². The Morgan fingerprint density at radius 3 is 2.49 bits per heavy atom. The van der Waals surface area contributed by atoms with Crippen molar-refractivity contribution in [1.82, 2.24) is 4.90 Å². The molecule has 0 spiro atoms. The summed E-state index contributed by atoms with van der Waals surface area (Å²) in [7, 11) is 3.10. The average Bonchev–Trinajstić information content (AvgIpc) is 2.77. The zero-order valence-electron chi connectivity index (χ0n) is 19.8. The molecule has 35 heavy (non-hydrogen) atoms. The third-order valence-corrected chi connectivity index (χ3v) is 7.54. The number of phenols is 1. The van der Waals surface area contributed by atoms with E-state index >= 15 is 0 Å². The number of amides is 1. The molecule has 9 nitrogen and oxygen atoms in total. The SMILES string of the molecule is CCCC#Cc1ccc(O)c2c1C[C@@H]1C[C@@H]3[C@H](N(C)C)C(=O)C(C(N)=O)C(=O)[C@@]3(O)C(=O)C1C2=O. The number of carbonyl (C=O) groups excluding carboxylic acids is 5. The number of ketones is 4. The van der Waals surface area contributed by atoms with E-state index in [-0.39, 0.29) is 24.2 Å². The van der Waals surface area contributed by atoms with Crippen LogP contribution in [0.25, 0.3) is 0 Å². The van der Waals surface area contributed by atoms with Gasteiger partial charge in [0.25, 0.3) is 0 Å². The predicted octanol–water partition coefficient (Wildman–Crippen LogP) is 0.0186. The maximum atomic E-state index is 13.7. The number of fused-ring (bicyclic) bond motifs is 3. The number of hydrogen-bond donors (Lipinski definition) is 3. The van der Waals surface area contributed by atoms with Gasteiger partial charge in [0.1, 0.15) is 5.75 Å². The Labute approximate surface area is 202 Å². The molecule has 184 valence electrons. The largest absolute Gasteiger partial charge is 0.507 e. The first kappa shape index (κ1) is 24.8. The lowest BCUT2D eigenvalue weighted by atomic mass is 9.52. The number of carbonyl (C=O) groups is 5. The molecule has 2 saturated carbocycles. The molecule has 0 aliphatic heterocycles. The summed E-state index contributed by atoms with van der Waals surface area (Å²) in [5, 5.41) is 22.0. The Bertz CT molecular complexity index is 1220. The van der Waals surface area contributed by atoms with Crippen LogP contribution >= 0.6 is 0 Å². The number of primary amides is 1. The molecule has 0 heterocycles. The van der Waals surface area contributed by atoms with Crippen molar-refractivity contribution in [1.29, 1.82) is 0 Å². The number of nitrogens with two attached hydrogens (primary N) is 1. The van der Waals surface area contributed by atoms with Crippen LogP contribution in [-0.2, 0) is 25.6 Å². The molecule has 4 N–H and O–H groups in total. The number of nitrogens with zero attached hydrogens (tertiary/aromatic N) is 1. The fourth-order valence-corrected chi connectivity index (χ4v) is 6.00. The van der Waals surface area contributed by atoms with Crippen LogP contribution in [0, 0.1) is 35.5 Å². The lowest BCUT2D eigenvalue weighted by molar-refractivity contribution is -0.181. The number of benzene rings is 1. The quantitative estimate of drug-likeness (QED) is 0.404. The highest BCUT2D eigenvalue weighted by molar-refractivity contribution is 6.32. The molecule has 9 heteroatoms. The highest BCUT2D eigenvalue weighted by Gasteiger charge is 2.69. The van der Waals surface area contributed by atoms with Gasteiger partial charge in [0.2, 0.25) is 5.91 Å². The minimum atomic E-state index is -2.72. The van der Waals surface area contributed by atoms with E-state index in [9.17, 15) is 34.2 Å². The fraction of sp³-hybridized carbons (Fsp3) is 0.500. The van der Waals surface area contributed by atoms with E-state index in [1.54, 1.807) is 20.2 Å². The van der Waals surface area contributed by atoms with Gasteiger partial charge in [-0.3, -0.25) is 28.9 Å². The minimum absolute atomic E-state index is 0.0153. The topological polar surface area (TPSA) is 155 Å². The molecule has 3 aliphatic carbocycles. The van der Waals surface area contributed by atoms with Gasteiger partial charge >= 0.3 is 0 Å². The summed E-state index contributed by atoms with van der Waals surface area (Å²) < 4.78 is 0. The molecular formula is C26H28N2O7. The van der Waals surface area contributed by atoms with Gasteiger partial charge in [0.15, 0.2) is 34.7 Å². The minimum Gasteiger partial charge on any atom is -0.507 e. The van der Waals surface area contributed by atoms with Gasteiger partial charge in [-0.15, -0.1) is 0 Å². The van der Waals surface area contributed by atoms with E-state index in [0.717, 1.165) is 6.42 Å². The fourth-order valence-electron chi connectivity index (χ4n) is 6.00. The molecule has 2 fully saturated rings. The summed E-state index contributed by atoms with van der Waals surface area (Å²) >= 11 is 0. The van der Waals surface area contributed by atoms with Crippen LogP contribution in [0.4, 0.5) is 0 Å². The number of phenolic OH excluding ortho intramolecular Hbond substituents is 1. The molecule has 0 radical (unpaired) electrons. The van der Waals surface area contributed by atoms with Crippen LogP contribution in [0.1, 0.15) is 47.7 Å². The van der Waals surface area contributed by atoms with Crippen LogP contribution in [0.15, 0.2) is 12.1 Å². The number of unbranched alkanes of at least 4 members (excludes halogenated alkanes) is 1. The number of likely N-dealkylation sites (N-methyl/N-ethyl adjacent to an activating group) is 1. The average molecular weight is 481 g/mol. The van der Waals surface area contributed by atoms with Crippen LogP contribution in [0.5, 0.6) is 5.75 Å². The number of aliphatic hydroxyl groups is 1. The number of hydrogen-bond acceptors (Lipinski definition) is 8. The second-order valence-corrected chi connectivity index (χ2v) is 9.83. The summed E-state index contributed by atoms with van der Waals surface area (Å²) in [5.74, 6) is -4.43. The van der Waals surface area contributed by atoms with Crippen molar-refractivity contribution in [2.45, 2.75) is 44.2 Å². The predicted molar refractivity (Wildman–Crippen MR) is 123 cm³/mol. The molecule has 4 rings (SSSR count). The highest BCUT2D eigenvalue weighted by Crippen LogP contribution is 2.50. The highest BCUT2D eigenvalue weighted by atomic mass is 16.3. The van der Waals surface area contributed by atoms with Gasteiger partial charge in [-0.1, -0.05) is 18.8 Å². The van der Waals surface area contributed by atoms with Gasteiger partial charge in [0.05, 0.1) is 17.5 Å². The van der Waals surface area contributed by atoms with Gasteiger partial charge in [-0.2, -0.15) is 0 Å². The molecule has 0 saturated heterocycles. The van der Waals surface area contributed by atoms with Crippen molar-refractivity contribution in [2.24, 2.45) is 29.4 Å². The lowest BCUT2D eigenvalue weighted by Gasteiger charge is -2.52. The first-order valence-electron chi connectivity index (χ1n) is 11.6. The Hall–Kier alpha value is -3.35. The third kappa shape index (κ3) is 3.51. The Balaban J connectivity index is 1.86. The molecule has 6 atom stereocenters. The van der Waals surface area contributed by atoms with E-state index in [2.05, 4.69) is 11.8 Å². The van der Waals surface area contributed by atoms with E-state index in [1.165, 1.54) is 11.0 Å². The summed E-state index contributed by atoms with van der Waals surface area (Å²) in [4.78, 5) is 67.0. The van der Waals surface area contributed by atoms with Crippen LogP contribution in [-0.4, -0.2) is 69.9 Å². The zero-order chi connectivity index (χ0) is 25.8.